The van der Waals surface area contributed by atoms with E-state index in [2.05, 4.69) is 14.9 Å². The molecule has 0 unspecified atom stereocenters. The van der Waals surface area contributed by atoms with Crippen LogP contribution in [0.2, 0.25) is 0 Å². The number of amides is 3. The molecule has 4 rings (SSSR count). The highest BCUT2D eigenvalue weighted by Crippen LogP contribution is 2.24. The number of urea groups is 1. The molecule has 6 nitrogen and oxygen atoms in total. The number of nitrogens with one attached hydrogen (secondary N) is 1. The third-order valence-corrected chi connectivity index (χ3v) is 5.08. The van der Waals surface area contributed by atoms with Crippen molar-refractivity contribution in [2.45, 2.75) is 27.3 Å². The van der Waals surface area contributed by atoms with E-state index >= 15 is 0 Å². The highest BCUT2D eigenvalue weighted by molar-refractivity contribution is 6.14. The topological polar surface area (TPSA) is 67.2 Å². The zero-order valence-corrected chi connectivity index (χ0v) is 16.6. The lowest BCUT2D eigenvalue weighted by atomic mass is 10.1. The molecular formula is C23H22N4O2. The van der Waals surface area contributed by atoms with Crippen LogP contribution in [0.1, 0.15) is 28.1 Å². The molecule has 29 heavy (non-hydrogen) atoms. The van der Waals surface area contributed by atoms with Gasteiger partial charge in [0, 0.05) is 29.5 Å². The Bertz CT molecular complexity index is 1130. The number of aromatic nitrogens is 2. The Morgan fingerprint density at radius 3 is 2.52 bits per heavy atom. The Balaban J connectivity index is 1.63. The standard InChI is InChI=1S/C23H22N4O2/c1-15-5-4-6-18(11-15)14-26-22(28)21(25-23(26)29)13-19-12-16(2)27(17(19)3)20-7-9-24-10-8-20/h4-13H,14H2,1-3H3,(H,25,29)/b21-13-. The minimum Gasteiger partial charge on any atom is -0.318 e. The van der Waals surface area contributed by atoms with Crippen molar-refractivity contribution >= 4 is 18.0 Å². The second-order valence-corrected chi connectivity index (χ2v) is 7.24. The Hall–Kier alpha value is -3.67. The molecule has 0 atom stereocenters. The summed E-state index contributed by atoms with van der Waals surface area (Å²) in [7, 11) is 0. The normalized spacial score (nSPS) is 15.3. The van der Waals surface area contributed by atoms with Crippen LogP contribution in [0.15, 0.2) is 60.6 Å². The number of pyridine rings is 1. The lowest BCUT2D eigenvalue weighted by molar-refractivity contribution is -0.123. The van der Waals surface area contributed by atoms with E-state index in [1.54, 1.807) is 18.5 Å². The minimum atomic E-state index is -0.398. The third kappa shape index (κ3) is 3.57. The highest BCUT2D eigenvalue weighted by atomic mass is 16.2. The monoisotopic (exact) mass is 386 g/mol. The SMILES string of the molecule is Cc1cccc(CN2C(=O)N/C(=C\c3cc(C)n(-c4ccncc4)c3C)C2=O)c1. The van der Waals surface area contributed by atoms with Crippen molar-refractivity contribution in [1.29, 1.82) is 0 Å². The number of benzene rings is 1. The first-order valence-electron chi connectivity index (χ1n) is 9.43. The van der Waals surface area contributed by atoms with E-state index in [0.717, 1.165) is 33.8 Å². The molecule has 2 aromatic heterocycles. The van der Waals surface area contributed by atoms with Crippen molar-refractivity contribution in [2.24, 2.45) is 0 Å². The van der Waals surface area contributed by atoms with E-state index < -0.39 is 6.03 Å². The molecule has 146 valence electrons. The molecule has 3 heterocycles. The van der Waals surface area contributed by atoms with Gasteiger partial charge in [-0.1, -0.05) is 29.8 Å². The van der Waals surface area contributed by atoms with E-state index in [1.807, 2.05) is 63.2 Å². The van der Waals surface area contributed by atoms with Gasteiger partial charge in [-0.05, 0) is 56.2 Å². The lowest BCUT2D eigenvalue weighted by Crippen LogP contribution is -2.30. The van der Waals surface area contributed by atoms with Crippen molar-refractivity contribution in [1.82, 2.24) is 19.8 Å². The number of hydrogen-bond donors (Lipinski definition) is 1. The predicted octanol–water partition coefficient (Wildman–Crippen LogP) is 3.89. The number of aryl methyl sites for hydroxylation is 2. The summed E-state index contributed by atoms with van der Waals surface area (Å²) in [5.74, 6) is -0.315. The molecular weight excluding hydrogens is 364 g/mol. The van der Waals surface area contributed by atoms with Crippen LogP contribution in [-0.2, 0) is 11.3 Å². The van der Waals surface area contributed by atoms with E-state index in [0.29, 0.717) is 0 Å². The fraction of sp³-hybridized carbons (Fsp3) is 0.174. The fourth-order valence-corrected chi connectivity index (χ4v) is 3.69. The van der Waals surface area contributed by atoms with Crippen LogP contribution >= 0.6 is 0 Å². The number of imide groups is 1. The van der Waals surface area contributed by atoms with Gasteiger partial charge in [0.1, 0.15) is 5.70 Å². The van der Waals surface area contributed by atoms with Gasteiger partial charge in [-0.25, -0.2) is 4.79 Å². The number of hydrogen-bond acceptors (Lipinski definition) is 3. The summed E-state index contributed by atoms with van der Waals surface area (Å²) in [6.07, 6.45) is 5.24. The van der Waals surface area contributed by atoms with Crippen LogP contribution in [0.25, 0.3) is 11.8 Å². The summed E-state index contributed by atoms with van der Waals surface area (Å²) in [6.45, 7) is 6.24. The maximum atomic E-state index is 12.8. The van der Waals surface area contributed by atoms with Crippen molar-refractivity contribution in [2.75, 3.05) is 0 Å². The first kappa shape index (κ1) is 18.7. The van der Waals surface area contributed by atoms with Crippen LogP contribution < -0.4 is 5.32 Å². The molecule has 1 N–H and O–H groups in total. The van der Waals surface area contributed by atoms with Crippen molar-refractivity contribution in [3.8, 4) is 5.69 Å². The van der Waals surface area contributed by atoms with Crippen LogP contribution in [0, 0.1) is 20.8 Å². The van der Waals surface area contributed by atoms with Gasteiger partial charge in [0.25, 0.3) is 5.91 Å². The molecule has 0 bridgehead atoms. The van der Waals surface area contributed by atoms with E-state index in [-0.39, 0.29) is 18.1 Å². The molecule has 0 radical (unpaired) electrons. The Labute approximate surface area is 169 Å². The first-order chi connectivity index (χ1) is 13.9. The second-order valence-electron chi connectivity index (χ2n) is 7.24. The Kier molecular flexibility index (Phi) is 4.76. The number of carbonyl (C=O) groups is 2. The quantitative estimate of drug-likeness (QED) is 0.546. The average Bonchev–Trinajstić information content (AvgIpc) is 3.12. The number of nitrogens with zero attached hydrogens (tertiary/aromatic N) is 3. The third-order valence-electron chi connectivity index (χ3n) is 5.08. The predicted molar refractivity (Wildman–Crippen MR) is 111 cm³/mol. The summed E-state index contributed by atoms with van der Waals surface area (Å²) in [4.78, 5) is 30.5. The van der Waals surface area contributed by atoms with Crippen LogP contribution in [0.3, 0.4) is 0 Å². The molecule has 0 aliphatic carbocycles. The van der Waals surface area contributed by atoms with E-state index in [1.165, 1.54) is 4.90 Å². The fourth-order valence-electron chi connectivity index (χ4n) is 3.69. The average molecular weight is 386 g/mol. The van der Waals surface area contributed by atoms with E-state index in [9.17, 15) is 9.59 Å². The maximum Gasteiger partial charge on any atom is 0.329 e. The summed E-state index contributed by atoms with van der Waals surface area (Å²) >= 11 is 0. The van der Waals surface area contributed by atoms with Gasteiger partial charge in [-0.3, -0.25) is 14.7 Å². The van der Waals surface area contributed by atoms with Gasteiger partial charge >= 0.3 is 6.03 Å². The second kappa shape index (κ2) is 7.39. The molecule has 1 saturated heterocycles. The molecule has 6 heteroatoms. The largest absolute Gasteiger partial charge is 0.329 e. The summed E-state index contributed by atoms with van der Waals surface area (Å²) in [5, 5.41) is 2.71. The Morgan fingerprint density at radius 2 is 1.79 bits per heavy atom. The molecule has 0 spiro atoms. The molecule has 1 aliphatic rings. The van der Waals surface area contributed by atoms with Crippen molar-refractivity contribution in [3.63, 3.8) is 0 Å². The van der Waals surface area contributed by atoms with Crippen LogP contribution in [0.5, 0.6) is 0 Å². The Morgan fingerprint density at radius 1 is 1.03 bits per heavy atom. The van der Waals surface area contributed by atoms with Gasteiger partial charge in [-0.2, -0.15) is 0 Å². The van der Waals surface area contributed by atoms with Crippen LogP contribution in [-0.4, -0.2) is 26.4 Å². The molecule has 1 aliphatic heterocycles. The number of carbonyl (C=O) groups excluding carboxylic acids is 2. The van der Waals surface area contributed by atoms with Crippen molar-refractivity contribution < 1.29 is 9.59 Å². The smallest absolute Gasteiger partial charge is 0.318 e. The number of rotatable bonds is 4. The maximum absolute atomic E-state index is 12.8. The van der Waals surface area contributed by atoms with E-state index in [4.69, 9.17) is 0 Å². The van der Waals surface area contributed by atoms with Gasteiger partial charge in [0.15, 0.2) is 0 Å². The van der Waals surface area contributed by atoms with Crippen LogP contribution in [0.4, 0.5) is 4.79 Å². The summed E-state index contributed by atoms with van der Waals surface area (Å²) in [5.41, 5.74) is 6.22. The van der Waals surface area contributed by atoms with Gasteiger partial charge in [0.2, 0.25) is 0 Å². The van der Waals surface area contributed by atoms with Gasteiger partial charge in [-0.15, -0.1) is 0 Å². The highest BCUT2D eigenvalue weighted by Gasteiger charge is 2.33. The molecule has 0 saturated carbocycles. The van der Waals surface area contributed by atoms with Crippen molar-refractivity contribution in [3.05, 3.63) is 88.6 Å². The zero-order valence-electron chi connectivity index (χ0n) is 16.6. The summed E-state index contributed by atoms with van der Waals surface area (Å²) in [6, 6.07) is 13.3. The first-order valence-corrected chi connectivity index (χ1v) is 9.43. The van der Waals surface area contributed by atoms with Gasteiger partial charge in [0.05, 0.1) is 6.54 Å². The van der Waals surface area contributed by atoms with Gasteiger partial charge < -0.3 is 9.88 Å². The zero-order chi connectivity index (χ0) is 20.5. The minimum absolute atomic E-state index is 0.250. The lowest BCUT2D eigenvalue weighted by Gasteiger charge is -2.12. The molecule has 3 aromatic rings. The molecule has 3 amide bonds. The summed E-state index contributed by atoms with van der Waals surface area (Å²) < 4.78 is 2.10. The molecule has 1 aromatic carbocycles. The molecule has 1 fully saturated rings.